The summed E-state index contributed by atoms with van der Waals surface area (Å²) in [7, 11) is 0. The maximum Gasteiger partial charge on any atom is 0.412 e. The number of nitrogens with zero attached hydrogens (tertiary/aromatic N) is 1. The third-order valence-corrected chi connectivity index (χ3v) is 3.60. The van der Waals surface area contributed by atoms with Gasteiger partial charge in [0.05, 0.1) is 12.1 Å². The predicted molar refractivity (Wildman–Crippen MR) is 85.1 cm³/mol. The van der Waals surface area contributed by atoms with Gasteiger partial charge in [0.15, 0.2) is 6.23 Å². The van der Waals surface area contributed by atoms with Gasteiger partial charge in [0, 0.05) is 6.04 Å². The summed E-state index contributed by atoms with van der Waals surface area (Å²) in [5.74, 6) is 0. The van der Waals surface area contributed by atoms with Gasteiger partial charge in [0.25, 0.3) is 0 Å². The fraction of sp³-hybridized carbons (Fsp3) is 0.471. The molecule has 0 saturated heterocycles. The van der Waals surface area contributed by atoms with E-state index >= 15 is 0 Å². The standard InChI is InChI=1S/C17H24N2O3/c1-12(2)22-16-10-9-15(18)13(3)19(16)17(20)21-11-14-7-5-4-6-8-14/h4-10,12-13,15-16H,11,18H2,1-3H3/t13-,15-,16+/m1/s1. The molecule has 3 atom stereocenters. The highest BCUT2D eigenvalue weighted by atomic mass is 16.6. The number of ether oxygens (including phenoxy) is 2. The molecule has 0 unspecified atom stereocenters. The van der Waals surface area contributed by atoms with Crippen LogP contribution in [-0.4, -0.2) is 35.4 Å². The van der Waals surface area contributed by atoms with Crippen LogP contribution in [0.15, 0.2) is 42.5 Å². The zero-order valence-electron chi connectivity index (χ0n) is 13.3. The van der Waals surface area contributed by atoms with Gasteiger partial charge >= 0.3 is 6.09 Å². The lowest BCUT2D eigenvalue weighted by Crippen LogP contribution is -2.56. The molecule has 0 aromatic heterocycles. The predicted octanol–water partition coefficient (Wildman–Crippen LogP) is 2.66. The first kappa shape index (κ1) is 16.5. The SMILES string of the molecule is CC(C)O[C@H]1C=C[C@@H](N)[C@@H](C)N1C(=O)OCc1ccccc1. The van der Waals surface area contributed by atoms with Crippen molar-refractivity contribution in [3.63, 3.8) is 0 Å². The summed E-state index contributed by atoms with van der Waals surface area (Å²) in [5, 5.41) is 0. The summed E-state index contributed by atoms with van der Waals surface area (Å²) in [4.78, 5) is 14.0. The molecule has 0 fully saturated rings. The Balaban J connectivity index is 2.05. The van der Waals surface area contributed by atoms with Crippen LogP contribution in [0.2, 0.25) is 0 Å². The van der Waals surface area contributed by atoms with Crippen molar-refractivity contribution in [2.24, 2.45) is 5.73 Å². The van der Waals surface area contributed by atoms with Crippen LogP contribution in [0, 0.1) is 0 Å². The molecule has 0 spiro atoms. The Bertz CT molecular complexity index is 516. The normalized spacial score (nSPS) is 24.6. The summed E-state index contributed by atoms with van der Waals surface area (Å²) < 4.78 is 11.2. The Morgan fingerprint density at radius 1 is 1.27 bits per heavy atom. The molecule has 0 bridgehead atoms. The second kappa shape index (κ2) is 7.42. The monoisotopic (exact) mass is 304 g/mol. The van der Waals surface area contributed by atoms with Crippen molar-refractivity contribution in [1.82, 2.24) is 4.90 Å². The quantitative estimate of drug-likeness (QED) is 0.869. The number of hydrogen-bond acceptors (Lipinski definition) is 4. The largest absolute Gasteiger partial charge is 0.444 e. The van der Waals surface area contributed by atoms with Gasteiger partial charge in [-0.3, -0.25) is 4.90 Å². The summed E-state index contributed by atoms with van der Waals surface area (Å²) in [6, 6.07) is 9.18. The molecule has 1 aliphatic rings. The summed E-state index contributed by atoms with van der Waals surface area (Å²) >= 11 is 0. The molecule has 22 heavy (non-hydrogen) atoms. The van der Waals surface area contributed by atoms with E-state index in [9.17, 15) is 4.79 Å². The minimum atomic E-state index is -0.446. The number of benzene rings is 1. The van der Waals surface area contributed by atoms with E-state index in [1.54, 1.807) is 4.90 Å². The van der Waals surface area contributed by atoms with Gasteiger partial charge in [-0.1, -0.05) is 36.4 Å². The van der Waals surface area contributed by atoms with Crippen LogP contribution in [0.3, 0.4) is 0 Å². The van der Waals surface area contributed by atoms with Gasteiger partial charge in [-0.05, 0) is 32.4 Å². The maximum atomic E-state index is 12.5. The lowest BCUT2D eigenvalue weighted by atomic mass is 10.0. The molecular weight excluding hydrogens is 280 g/mol. The van der Waals surface area contributed by atoms with Gasteiger partial charge in [-0.15, -0.1) is 0 Å². The highest BCUT2D eigenvalue weighted by Crippen LogP contribution is 2.20. The molecule has 1 aromatic carbocycles. The fourth-order valence-corrected chi connectivity index (χ4v) is 2.35. The highest BCUT2D eigenvalue weighted by molar-refractivity contribution is 5.69. The van der Waals surface area contributed by atoms with Crippen LogP contribution in [-0.2, 0) is 16.1 Å². The number of nitrogens with two attached hydrogens (primary N) is 1. The molecule has 0 radical (unpaired) electrons. The van der Waals surface area contributed by atoms with Crippen LogP contribution in [0.1, 0.15) is 26.3 Å². The molecule has 120 valence electrons. The summed E-state index contributed by atoms with van der Waals surface area (Å²) in [6.45, 7) is 5.99. The van der Waals surface area contributed by atoms with Crippen LogP contribution in [0.4, 0.5) is 4.79 Å². The fourth-order valence-electron chi connectivity index (χ4n) is 2.35. The summed E-state index contributed by atoms with van der Waals surface area (Å²) in [6.07, 6.45) is 2.83. The number of rotatable bonds is 4. The zero-order chi connectivity index (χ0) is 16.1. The van der Waals surface area contributed by atoms with E-state index in [2.05, 4.69) is 0 Å². The van der Waals surface area contributed by atoms with Crippen molar-refractivity contribution in [2.75, 3.05) is 0 Å². The minimum Gasteiger partial charge on any atom is -0.444 e. The number of carbonyl (C=O) groups is 1. The van der Waals surface area contributed by atoms with E-state index in [4.69, 9.17) is 15.2 Å². The van der Waals surface area contributed by atoms with Gasteiger partial charge in [-0.25, -0.2) is 4.79 Å². The first-order valence-electron chi connectivity index (χ1n) is 7.57. The van der Waals surface area contributed by atoms with E-state index in [0.717, 1.165) is 5.56 Å². The number of hydrogen-bond donors (Lipinski definition) is 1. The topological polar surface area (TPSA) is 64.8 Å². The Kier molecular flexibility index (Phi) is 5.57. The van der Waals surface area contributed by atoms with Gasteiger partial charge in [0.2, 0.25) is 0 Å². The molecule has 2 rings (SSSR count). The molecule has 0 aliphatic carbocycles. The van der Waals surface area contributed by atoms with Crippen molar-refractivity contribution >= 4 is 6.09 Å². The highest BCUT2D eigenvalue weighted by Gasteiger charge is 2.35. The average molecular weight is 304 g/mol. The number of amides is 1. The van der Waals surface area contributed by atoms with Crippen molar-refractivity contribution in [3.8, 4) is 0 Å². The molecule has 5 heteroatoms. The molecule has 0 saturated carbocycles. The van der Waals surface area contributed by atoms with E-state index in [1.165, 1.54) is 0 Å². The second-order valence-corrected chi connectivity index (χ2v) is 5.73. The van der Waals surface area contributed by atoms with Gasteiger partial charge in [-0.2, -0.15) is 0 Å². The van der Waals surface area contributed by atoms with Crippen LogP contribution in [0.25, 0.3) is 0 Å². The van der Waals surface area contributed by atoms with Crippen molar-refractivity contribution < 1.29 is 14.3 Å². The summed E-state index contributed by atoms with van der Waals surface area (Å²) in [5.41, 5.74) is 6.96. The lowest BCUT2D eigenvalue weighted by molar-refractivity contribution is -0.0731. The zero-order valence-corrected chi connectivity index (χ0v) is 13.3. The maximum absolute atomic E-state index is 12.5. The lowest BCUT2D eigenvalue weighted by Gasteiger charge is -2.39. The van der Waals surface area contributed by atoms with Crippen molar-refractivity contribution in [2.45, 2.75) is 51.8 Å². The third-order valence-electron chi connectivity index (χ3n) is 3.60. The van der Waals surface area contributed by atoms with Gasteiger partial charge in [0.1, 0.15) is 6.61 Å². The van der Waals surface area contributed by atoms with Crippen LogP contribution >= 0.6 is 0 Å². The van der Waals surface area contributed by atoms with E-state index in [0.29, 0.717) is 0 Å². The van der Waals surface area contributed by atoms with E-state index < -0.39 is 12.3 Å². The minimum absolute atomic E-state index is 0.000554. The van der Waals surface area contributed by atoms with E-state index in [-0.39, 0.29) is 24.8 Å². The number of carbonyl (C=O) groups excluding carboxylic acids is 1. The van der Waals surface area contributed by atoms with Crippen molar-refractivity contribution in [1.29, 1.82) is 0 Å². The van der Waals surface area contributed by atoms with Crippen LogP contribution in [0.5, 0.6) is 0 Å². The first-order valence-corrected chi connectivity index (χ1v) is 7.57. The third kappa shape index (κ3) is 4.08. The molecule has 2 N–H and O–H groups in total. The molecule has 5 nitrogen and oxygen atoms in total. The molecule has 1 heterocycles. The smallest absolute Gasteiger partial charge is 0.412 e. The Morgan fingerprint density at radius 3 is 2.59 bits per heavy atom. The second-order valence-electron chi connectivity index (χ2n) is 5.73. The van der Waals surface area contributed by atoms with E-state index in [1.807, 2.05) is 63.3 Å². The Labute approximate surface area is 131 Å². The van der Waals surface area contributed by atoms with Crippen LogP contribution < -0.4 is 5.73 Å². The molecule has 1 aromatic rings. The molecule has 1 aliphatic heterocycles. The van der Waals surface area contributed by atoms with Gasteiger partial charge < -0.3 is 15.2 Å². The molecular formula is C17H24N2O3. The molecule has 1 amide bonds. The Morgan fingerprint density at radius 2 is 1.95 bits per heavy atom. The Hall–Kier alpha value is -1.85. The first-order chi connectivity index (χ1) is 10.5. The average Bonchev–Trinajstić information content (AvgIpc) is 2.49. The van der Waals surface area contributed by atoms with Crippen molar-refractivity contribution in [3.05, 3.63) is 48.0 Å².